The average Bonchev–Trinajstić information content (AvgIpc) is 3.14. The number of benzene rings is 3. The molecule has 166 valence electrons. The highest BCUT2D eigenvalue weighted by atomic mass is 32.2. The first-order valence-corrected chi connectivity index (χ1v) is 11.9. The fourth-order valence-corrected chi connectivity index (χ4v) is 5.33. The van der Waals surface area contributed by atoms with Crippen molar-refractivity contribution in [2.24, 2.45) is 0 Å². The highest BCUT2D eigenvalue weighted by molar-refractivity contribution is 7.90. The van der Waals surface area contributed by atoms with Gasteiger partial charge in [-0.15, -0.1) is 0 Å². The van der Waals surface area contributed by atoms with Gasteiger partial charge in [0.25, 0.3) is 15.9 Å². The van der Waals surface area contributed by atoms with Gasteiger partial charge in [0.15, 0.2) is 0 Å². The van der Waals surface area contributed by atoms with Gasteiger partial charge in [-0.1, -0.05) is 48.0 Å². The van der Waals surface area contributed by atoms with Gasteiger partial charge in [-0.25, -0.2) is 13.1 Å². The van der Waals surface area contributed by atoms with E-state index in [4.69, 9.17) is 0 Å². The summed E-state index contributed by atoms with van der Waals surface area (Å²) in [5, 5.41) is 10.1. The van der Waals surface area contributed by atoms with Gasteiger partial charge in [0.1, 0.15) is 16.7 Å². The van der Waals surface area contributed by atoms with Crippen LogP contribution in [0, 0.1) is 32.1 Å². The molecule has 1 aromatic heterocycles. The van der Waals surface area contributed by atoms with Gasteiger partial charge in [0.2, 0.25) is 0 Å². The first kappa shape index (κ1) is 22.3. The van der Waals surface area contributed by atoms with Crippen molar-refractivity contribution >= 4 is 26.8 Å². The zero-order valence-corrected chi connectivity index (χ0v) is 19.4. The molecule has 0 radical (unpaired) electrons. The molecule has 7 heteroatoms. The number of aryl methyl sites for hydroxylation is 3. The van der Waals surface area contributed by atoms with Crippen LogP contribution in [0.15, 0.2) is 71.6 Å². The van der Waals surface area contributed by atoms with E-state index in [1.54, 1.807) is 12.1 Å². The molecule has 0 aliphatic heterocycles. The lowest BCUT2D eigenvalue weighted by atomic mass is 9.99. The minimum absolute atomic E-state index is 0.0238. The van der Waals surface area contributed by atoms with Gasteiger partial charge in [-0.2, -0.15) is 5.26 Å². The van der Waals surface area contributed by atoms with Crippen LogP contribution in [0.2, 0.25) is 0 Å². The van der Waals surface area contributed by atoms with E-state index < -0.39 is 15.9 Å². The number of aromatic nitrogens is 1. The fraction of sp³-hybridized carbons (Fsp3) is 0.154. The summed E-state index contributed by atoms with van der Waals surface area (Å²) in [7, 11) is -4.23. The smallest absolute Gasteiger partial charge is 0.281 e. The molecule has 4 rings (SSSR count). The highest BCUT2D eigenvalue weighted by Gasteiger charge is 2.25. The Bertz CT molecular complexity index is 1520. The number of hydrogen-bond donors (Lipinski definition) is 1. The lowest BCUT2D eigenvalue weighted by molar-refractivity contribution is 0.0973. The van der Waals surface area contributed by atoms with Crippen LogP contribution in [-0.4, -0.2) is 18.9 Å². The molecular formula is C26H23N3O3S. The molecule has 0 bridgehead atoms. The molecule has 0 saturated carbocycles. The maximum Gasteiger partial charge on any atom is 0.281 e. The SMILES string of the molecule is Cc1cc(C)c(Cn2c(C(=O)NS(=O)(=O)c3ccccc3C#N)cc3ccccc32)c(C)c1. The summed E-state index contributed by atoms with van der Waals surface area (Å²) in [6, 6.07) is 21.1. The molecule has 1 heterocycles. The van der Waals surface area contributed by atoms with E-state index >= 15 is 0 Å². The first-order chi connectivity index (χ1) is 15.7. The molecule has 0 atom stereocenters. The Kier molecular flexibility index (Phi) is 5.79. The Labute approximate surface area is 193 Å². The summed E-state index contributed by atoms with van der Waals surface area (Å²) in [5.41, 5.74) is 5.48. The third-order valence-electron chi connectivity index (χ3n) is 5.72. The minimum Gasteiger partial charge on any atom is -0.332 e. The molecule has 4 aromatic rings. The third-order valence-corrected chi connectivity index (χ3v) is 7.11. The number of sulfonamides is 1. The van der Waals surface area contributed by atoms with Gasteiger partial charge in [0, 0.05) is 17.4 Å². The largest absolute Gasteiger partial charge is 0.332 e. The number of carbonyl (C=O) groups excluding carboxylic acids is 1. The van der Waals surface area contributed by atoms with E-state index in [9.17, 15) is 18.5 Å². The number of carbonyl (C=O) groups is 1. The summed E-state index contributed by atoms with van der Waals surface area (Å²) >= 11 is 0. The van der Waals surface area contributed by atoms with E-state index in [0.29, 0.717) is 6.54 Å². The molecule has 0 aliphatic rings. The predicted octanol–water partition coefficient (Wildman–Crippen LogP) is 4.61. The molecule has 0 spiro atoms. The standard InChI is InChI=1S/C26H23N3O3S/c1-17-12-18(2)22(19(3)13-17)16-29-23-10-6-4-8-20(23)14-24(29)26(30)28-33(31,32)25-11-7-5-9-21(25)15-27/h4-14H,16H2,1-3H3,(H,28,30). The Morgan fingerprint density at radius 3 is 2.30 bits per heavy atom. The van der Waals surface area contributed by atoms with Crippen molar-refractivity contribution in [2.75, 3.05) is 0 Å². The van der Waals surface area contributed by atoms with Gasteiger partial charge in [0.05, 0.1) is 5.56 Å². The molecule has 1 N–H and O–H groups in total. The van der Waals surface area contributed by atoms with Crippen LogP contribution in [0.5, 0.6) is 0 Å². The Hall–Kier alpha value is -3.89. The van der Waals surface area contributed by atoms with Gasteiger partial charge in [-0.3, -0.25) is 4.79 Å². The van der Waals surface area contributed by atoms with Crippen LogP contribution in [0.3, 0.4) is 0 Å². The van der Waals surface area contributed by atoms with Crippen LogP contribution in [0.4, 0.5) is 0 Å². The predicted molar refractivity (Wildman–Crippen MR) is 128 cm³/mol. The summed E-state index contributed by atoms with van der Waals surface area (Å²) < 4.78 is 29.9. The van der Waals surface area contributed by atoms with Gasteiger partial charge < -0.3 is 4.57 Å². The zero-order valence-electron chi connectivity index (χ0n) is 18.6. The van der Waals surface area contributed by atoms with E-state index in [1.165, 1.54) is 18.2 Å². The number of rotatable bonds is 5. The van der Waals surface area contributed by atoms with Crippen molar-refractivity contribution in [3.05, 3.63) is 100 Å². The molecule has 0 unspecified atom stereocenters. The van der Waals surface area contributed by atoms with Gasteiger partial charge >= 0.3 is 0 Å². The van der Waals surface area contributed by atoms with Crippen molar-refractivity contribution in [1.82, 2.24) is 9.29 Å². The number of para-hydroxylation sites is 1. The summed E-state index contributed by atoms with van der Waals surface area (Å²) in [4.78, 5) is 13.0. The average molecular weight is 458 g/mol. The molecule has 0 saturated heterocycles. The second-order valence-electron chi connectivity index (χ2n) is 8.09. The lowest BCUT2D eigenvalue weighted by Gasteiger charge is -2.16. The molecular weight excluding hydrogens is 434 g/mol. The quantitative estimate of drug-likeness (QED) is 0.474. The van der Waals surface area contributed by atoms with E-state index in [-0.39, 0.29) is 16.2 Å². The Morgan fingerprint density at radius 1 is 0.970 bits per heavy atom. The summed E-state index contributed by atoms with van der Waals surface area (Å²) in [6.07, 6.45) is 0. The van der Waals surface area contributed by atoms with Crippen LogP contribution in [-0.2, 0) is 16.6 Å². The van der Waals surface area contributed by atoms with Crippen LogP contribution in [0.25, 0.3) is 10.9 Å². The highest BCUT2D eigenvalue weighted by Crippen LogP contribution is 2.25. The molecule has 0 fully saturated rings. The summed E-state index contributed by atoms with van der Waals surface area (Å²) in [6.45, 7) is 6.52. The maximum absolute atomic E-state index is 13.2. The molecule has 3 aromatic carbocycles. The van der Waals surface area contributed by atoms with Crippen LogP contribution in [0.1, 0.15) is 38.3 Å². The Balaban J connectivity index is 1.79. The van der Waals surface area contributed by atoms with Crippen molar-refractivity contribution in [3.8, 4) is 6.07 Å². The zero-order chi connectivity index (χ0) is 23.8. The summed E-state index contributed by atoms with van der Waals surface area (Å²) in [5.74, 6) is -0.749. The maximum atomic E-state index is 13.2. The molecule has 0 aliphatic carbocycles. The number of nitrogens with one attached hydrogen (secondary N) is 1. The number of fused-ring (bicyclic) bond motifs is 1. The van der Waals surface area contributed by atoms with E-state index in [1.807, 2.05) is 55.7 Å². The van der Waals surface area contributed by atoms with Crippen molar-refractivity contribution in [1.29, 1.82) is 5.26 Å². The van der Waals surface area contributed by atoms with Crippen LogP contribution >= 0.6 is 0 Å². The lowest BCUT2D eigenvalue weighted by Crippen LogP contribution is -2.32. The minimum atomic E-state index is -4.23. The molecule has 33 heavy (non-hydrogen) atoms. The van der Waals surface area contributed by atoms with Crippen LogP contribution < -0.4 is 4.72 Å². The Morgan fingerprint density at radius 2 is 1.61 bits per heavy atom. The van der Waals surface area contributed by atoms with Crippen molar-refractivity contribution in [3.63, 3.8) is 0 Å². The monoisotopic (exact) mass is 457 g/mol. The first-order valence-electron chi connectivity index (χ1n) is 10.4. The second-order valence-corrected chi connectivity index (χ2v) is 9.75. The van der Waals surface area contributed by atoms with E-state index in [2.05, 4.69) is 16.9 Å². The molecule has 1 amide bonds. The van der Waals surface area contributed by atoms with Crippen molar-refractivity contribution < 1.29 is 13.2 Å². The van der Waals surface area contributed by atoms with Gasteiger partial charge in [-0.05, 0) is 61.7 Å². The number of nitrogens with zero attached hydrogens (tertiary/aromatic N) is 2. The normalized spacial score (nSPS) is 11.3. The fourth-order valence-electron chi connectivity index (χ4n) is 4.21. The second kappa shape index (κ2) is 8.57. The van der Waals surface area contributed by atoms with Crippen molar-refractivity contribution in [2.45, 2.75) is 32.2 Å². The number of nitriles is 1. The molecule has 6 nitrogen and oxygen atoms in total. The number of amides is 1. The third kappa shape index (κ3) is 4.26. The van der Waals surface area contributed by atoms with E-state index in [0.717, 1.165) is 33.2 Å². The topological polar surface area (TPSA) is 92.0 Å². The number of hydrogen-bond acceptors (Lipinski definition) is 4.